The van der Waals surface area contributed by atoms with Crippen molar-refractivity contribution in [2.75, 3.05) is 13.2 Å². The third-order valence-electron chi connectivity index (χ3n) is 3.43. The molecule has 0 radical (unpaired) electrons. The summed E-state index contributed by atoms with van der Waals surface area (Å²) in [6.45, 7) is 7.65. The maximum Gasteiger partial charge on any atom is 0.307 e. The highest BCUT2D eigenvalue weighted by molar-refractivity contribution is 5.71. The van der Waals surface area contributed by atoms with Crippen LogP contribution in [0.3, 0.4) is 0 Å². The molecule has 0 bridgehead atoms. The molecule has 1 aliphatic rings. The van der Waals surface area contributed by atoms with E-state index in [1.165, 1.54) is 12.8 Å². The molecule has 0 aromatic heterocycles. The van der Waals surface area contributed by atoms with Gasteiger partial charge >= 0.3 is 5.97 Å². The van der Waals surface area contributed by atoms with Gasteiger partial charge in [-0.2, -0.15) is 0 Å². The summed E-state index contributed by atoms with van der Waals surface area (Å²) >= 11 is 0. The molecule has 0 saturated heterocycles. The number of ether oxygens (including phenoxy) is 1. The smallest absolute Gasteiger partial charge is 0.307 e. The molecule has 0 amide bonds. The van der Waals surface area contributed by atoms with E-state index in [-0.39, 0.29) is 11.5 Å². The predicted molar refractivity (Wildman–Crippen MR) is 65.3 cm³/mol. The van der Waals surface area contributed by atoms with Gasteiger partial charge in [0.2, 0.25) is 0 Å². The summed E-state index contributed by atoms with van der Waals surface area (Å²) < 4.78 is 5.07. The Balaban J connectivity index is 2.60. The van der Waals surface area contributed by atoms with Crippen LogP contribution in [0.5, 0.6) is 0 Å². The second-order valence-electron chi connectivity index (χ2n) is 4.99. The molecule has 1 saturated carbocycles. The number of esters is 1. The van der Waals surface area contributed by atoms with Crippen LogP contribution in [0, 0.1) is 5.92 Å². The fourth-order valence-corrected chi connectivity index (χ4v) is 2.91. The Labute approximate surface area is 98.9 Å². The average molecular weight is 227 g/mol. The van der Waals surface area contributed by atoms with Gasteiger partial charge < -0.3 is 10.1 Å². The van der Waals surface area contributed by atoms with Crippen LogP contribution in [-0.4, -0.2) is 24.7 Å². The quantitative estimate of drug-likeness (QED) is 0.733. The number of hydrogen-bond donors (Lipinski definition) is 1. The van der Waals surface area contributed by atoms with E-state index in [9.17, 15) is 4.79 Å². The monoisotopic (exact) mass is 227 g/mol. The van der Waals surface area contributed by atoms with Crippen LogP contribution in [-0.2, 0) is 9.53 Å². The lowest BCUT2D eigenvalue weighted by Crippen LogP contribution is -2.50. The Morgan fingerprint density at radius 2 is 2.25 bits per heavy atom. The fraction of sp³-hybridized carbons (Fsp3) is 0.923. The summed E-state index contributed by atoms with van der Waals surface area (Å²) in [4.78, 5) is 11.6. The van der Waals surface area contributed by atoms with E-state index >= 15 is 0 Å². The van der Waals surface area contributed by atoms with Crippen molar-refractivity contribution in [3.05, 3.63) is 0 Å². The fourth-order valence-electron chi connectivity index (χ4n) is 2.91. The molecule has 1 fully saturated rings. The Kier molecular flexibility index (Phi) is 5.26. The maximum atomic E-state index is 11.6. The molecule has 0 heterocycles. The van der Waals surface area contributed by atoms with Gasteiger partial charge in [0.05, 0.1) is 13.0 Å². The molecular formula is C13H25NO2. The van der Waals surface area contributed by atoms with Crippen LogP contribution >= 0.6 is 0 Å². The highest BCUT2D eigenvalue weighted by atomic mass is 16.5. The van der Waals surface area contributed by atoms with Crippen molar-refractivity contribution in [1.82, 2.24) is 5.32 Å². The van der Waals surface area contributed by atoms with E-state index in [0.717, 1.165) is 19.4 Å². The van der Waals surface area contributed by atoms with Crippen molar-refractivity contribution < 1.29 is 9.53 Å². The molecule has 3 heteroatoms. The zero-order chi connectivity index (χ0) is 12.0. The molecule has 1 rings (SSSR count). The minimum absolute atomic E-state index is 0.00132. The molecule has 1 aliphatic carbocycles. The van der Waals surface area contributed by atoms with E-state index in [2.05, 4.69) is 19.2 Å². The summed E-state index contributed by atoms with van der Waals surface area (Å²) in [5.74, 6) is 0.653. The van der Waals surface area contributed by atoms with Gasteiger partial charge in [0.25, 0.3) is 0 Å². The topological polar surface area (TPSA) is 38.3 Å². The third-order valence-corrected chi connectivity index (χ3v) is 3.43. The number of rotatable bonds is 5. The molecule has 16 heavy (non-hydrogen) atoms. The van der Waals surface area contributed by atoms with Crippen molar-refractivity contribution in [2.24, 2.45) is 5.92 Å². The van der Waals surface area contributed by atoms with E-state index in [4.69, 9.17) is 4.74 Å². The third kappa shape index (κ3) is 3.78. The van der Waals surface area contributed by atoms with Crippen LogP contribution in [0.1, 0.15) is 52.9 Å². The number of nitrogens with one attached hydrogen (secondary N) is 1. The highest BCUT2D eigenvalue weighted by Gasteiger charge is 2.36. The normalized spacial score (nSPS) is 30.1. The summed E-state index contributed by atoms with van der Waals surface area (Å²) in [6.07, 6.45) is 5.23. The van der Waals surface area contributed by atoms with E-state index in [0.29, 0.717) is 18.9 Å². The van der Waals surface area contributed by atoms with Gasteiger partial charge in [-0.25, -0.2) is 0 Å². The molecule has 0 aromatic rings. The molecular weight excluding hydrogens is 202 g/mol. The van der Waals surface area contributed by atoms with Crippen molar-refractivity contribution in [2.45, 2.75) is 58.4 Å². The number of carbonyl (C=O) groups is 1. The van der Waals surface area contributed by atoms with Gasteiger partial charge in [0.1, 0.15) is 0 Å². The predicted octanol–water partition coefficient (Wildman–Crippen LogP) is 2.50. The first kappa shape index (κ1) is 13.5. The first-order valence-electron chi connectivity index (χ1n) is 6.52. The van der Waals surface area contributed by atoms with E-state index in [1.807, 2.05) is 6.92 Å². The zero-order valence-electron chi connectivity index (χ0n) is 10.8. The summed E-state index contributed by atoms with van der Waals surface area (Å²) in [6, 6.07) is 0. The molecule has 94 valence electrons. The van der Waals surface area contributed by atoms with Crippen molar-refractivity contribution >= 4 is 5.97 Å². The summed E-state index contributed by atoms with van der Waals surface area (Å²) in [7, 11) is 0. The average Bonchev–Trinajstić information content (AvgIpc) is 2.17. The maximum absolute atomic E-state index is 11.6. The zero-order valence-corrected chi connectivity index (χ0v) is 10.8. The summed E-state index contributed by atoms with van der Waals surface area (Å²) in [5, 5.41) is 3.52. The Hall–Kier alpha value is -0.570. The largest absolute Gasteiger partial charge is 0.466 e. The Bertz CT molecular complexity index is 226. The van der Waals surface area contributed by atoms with Gasteiger partial charge in [-0.15, -0.1) is 0 Å². The van der Waals surface area contributed by atoms with Gasteiger partial charge in [0, 0.05) is 5.54 Å². The SMILES string of the molecule is CCNC1(CC(=O)OCC)CCCC(C)C1. The van der Waals surface area contributed by atoms with Crippen LogP contribution in [0.2, 0.25) is 0 Å². The van der Waals surface area contributed by atoms with E-state index < -0.39 is 0 Å². The van der Waals surface area contributed by atoms with Crippen LogP contribution < -0.4 is 5.32 Å². The second-order valence-corrected chi connectivity index (χ2v) is 4.99. The minimum Gasteiger partial charge on any atom is -0.466 e. The number of carbonyl (C=O) groups excluding carboxylic acids is 1. The molecule has 3 nitrogen and oxygen atoms in total. The van der Waals surface area contributed by atoms with Crippen molar-refractivity contribution in [3.63, 3.8) is 0 Å². The standard InChI is InChI=1S/C13H25NO2/c1-4-14-13(10-12(15)16-5-2)8-6-7-11(3)9-13/h11,14H,4-10H2,1-3H3. The highest BCUT2D eigenvalue weighted by Crippen LogP contribution is 2.34. The van der Waals surface area contributed by atoms with E-state index in [1.54, 1.807) is 0 Å². The Morgan fingerprint density at radius 1 is 1.50 bits per heavy atom. The first-order chi connectivity index (χ1) is 7.62. The van der Waals surface area contributed by atoms with Crippen LogP contribution in [0.4, 0.5) is 0 Å². The van der Waals surface area contributed by atoms with Crippen LogP contribution in [0.15, 0.2) is 0 Å². The van der Waals surface area contributed by atoms with Crippen LogP contribution in [0.25, 0.3) is 0 Å². The molecule has 0 aromatic carbocycles. The lowest BCUT2D eigenvalue weighted by atomic mass is 9.74. The lowest BCUT2D eigenvalue weighted by molar-refractivity contribution is -0.145. The molecule has 0 spiro atoms. The Morgan fingerprint density at radius 3 is 2.81 bits per heavy atom. The minimum atomic E-state index is -0.0578. The van der Waals surface area contributed by atoms with Gasteiger partial charge in [-0.3, -0.25) is 4.79 Å². The number of hydrogen-bond acceptors (Lipinski definition) is 3. The molecule has 1 N–H and O–H groups in total. The molecule has 2 atom stereocenters. The first-order valence-corrected chi connectivity index (χ1v) is 6.52. The lowest BCUT2D eigenvalue weighted by Gasteiger charge is -2.40. The second kappa shape index (κ2) is 6.24. The molecule has 2 unspecified atom stereocenters. The summed E-state index contributed by atoms with van der Waals surface area (Å²) in [5.41, 5.74) is -0.00132. The van der Waals surface area contributed by atoms with Gasteiger partial charge in [-0.1, -0.05) is 26.7 Å². The van der Waals surface area contributed by atoms with Gasteiger partial charge in [-0.05, 0) is 32.2 Å². The van der Waals surface area contributed by atoms with Gasteiger partial charge in [0.15, 0.2) is 0 Å². The van der Waals surface area contributed by atoms with Crippen molar-refractivity contribution in [1.29, 1.82) is 0 Å². The molecule has 0 aliphatic heterocycles. The van der Waals surface area contributed by atoms with Crippen molar-refractivity contribution in [3.8, 4) is 0 Å².